The average molecular weight is 456 g/mol. The maximum atomic E-state index is 14.4. The van der Waals surface area contributed by atoms with E-state index < -0.39 is 51.4 Å². The Balaban J connectivity index is 2.01. The van der Waals surface area contributed by atoms with E-state index in [1.165, 1.54) is 10.6 Å². The third-order valence-electron chi connectivity index (χ3n) is 5.43. The molecule has 3 aromatic rings. The van der Waals surface area contributed by atoms with E-state index in [0.717, 1.165) is 30.9 Å². The fourth-order valence-corrected chi connectivity index (χ4v) is 3.69. The van der Waals surface area contributed by atoms with E-state index in [2.05, 4.69) is 10.1 Å². The van der Waals surface area contributed by atoms with Crippen LogP contribution in [0.15, 0.2) is 29.3 Å². The number of hydrogen-bond acceptors (Lipinski definition) is 5. The van der Waals surface area contributed by atoms with Gasteiger partial charge in [-0.05, 0) is 30.5 Å². The lowest BCUT2D eigenvalue weighted by atomic mass is 9.84. The Hall–Kier alpha value is -3.40. The van der Waals surface area contributed by atoms with Gasteiger partial charge in [-0.3, -0.25) is 14.0 Å². The first-order valence-corrected chi connectivity index (χ1v) is 9.22. The Morgan fingerprint density at radius 3 is 2.34 bits per heavy atom. The summed E-state index contributed by atoms with van der Waals surface area (Å²) in [5, 5.41) is 13.0. The van der Waals surface area contributed by atoms with E-state index in [4.69, 9.17) is 11.0 Å². The van der Waals surface area contributed by atoms with Gasteiger partial charge in [0.2, 0.25) is 0 Å². The molecule has 0 aliphatic heterocycles. The molecule has 2 aromatic heterocycles. The van der Waals surface area contributed by atoms with Crippen molar-refractivity contribution in [2.75, 3.05) is 0 Å². The number of aryl methyl sites for hydroxylation is 1. The third kappa shape index (κ3) is 3.13. The van der Waals surface area contributed by atoms with Crippen LogP contribution in [0.5, 0.6) is 0 Å². The number of aromatic nitrogens is 4. The van der Waals surface area contributed by atoms with Crippen molar-refractivity contribution < 1.29 is 26.3 Å². The summed E-state index contributed by atoms with van der Waals surface area (Å²) in [4.78, 5) is 16.7. The van der Waals surface area contributed by atoms with E-state index in [1.807, 2.05) is 0 Å². The van der Waals surface area contributed by atoms with Crippen LogP contribution in [0.3, 0.4) is 0 Å². The number of nitrogens with zero attached hydrogens (tertiary/aromatic N) is 5. The molecule has 1 atom stereocenters. The first-order valence-electron chi connectivity index (χ1n) is 9.22. The molecule has 0 spiro atoms. The summed E-state index contributed by atoms with van der Waals surface area (Å²) >= 11 is 0. The summed E-state index contributed by atoms with van der Waals surface area (Å²) < 4.78 is 84.5. The van der Waals surface area contributed by atoms with Crippen molar-refractivity contribution in [3.63, 3.8) is 0 Å². The van der Waals surface area contributed by atoms with Gasteiger partial charge in [0.15, 0.2) is 11.1 Å². The number of halogens is 6. The minimum atomic E-state index is -5.24. The van der Waals surface area contributed by atoms with Gasteiger partial charge in [-0.25, -0.2) is 4.98 Å². The fraction of sp³-hybridized carbons (Fsp3) is 0.368. The minimum Gasteiger partial charge on any atom is -0.309 e. The molecule has 32 heavy (non-hydrogen) atoms. The Labute approximate surface area is 175 Å². The molecule has 1 aliphatic rings. The predicted molar refractivity (Wildman–Crippen MR) is 98.2 cm³/mol. The number of fused-ring (bicyclic) bond motifs is 1. The van der Waals surface area contributed by atoms with E-state index >= 15 is 0 Å². The summed E-state index contributed by atoms with van der Waals surface area (Å²) in [6, 6.07) is 2.53. The average Bonchev–Trinajstić information content (AvgIpc) is 3.47. The van der Waals surface area contributed by atoms with E-state index in [0.29, 0.717) is 18.2 Å². The molecule has 1 fully saturated rings. The van der Waals surface area contributed by atoms with Gasteiger partial charge >= 0.3 is 12.4 Å². The second-order valence-corrected chi connectivity index (χ2v) is 7.53. The molecule has 1 aromatic carbocycles. The number of hydrogen-bond donors (Lipinski definition) is 1. The largest absolute Gasteiger partial charge is 0.417 e. The first kappa shape index (κ1) is 21.8. The van der Waals surface area contributed by atoms with Crippen LogP contribution in [0.25, 0.3) is 11.0 Å². The standard InChI is InChI=1S/C19H14F6N6O/c1-30-15(13-14(29-30)16(32)31(8-28-13)11-3-4-11)17(27,19(23,24)25)10-2-5-12(18(20,21)22)9(6-10)7-26/h2,5-6,8,11H,3-4,27H2,1H3. The lowest BCUT2D eigenvalue weighted by Gasteiger charge is -2.32. The molecule has 0 amide bonds. The second-order valence-electron chi connectivity index (χ2n) is 7.53. The molecular formula is C19H14F6N6O. The molecule has 0 saturated heterocycles. The monoisotopic (exact) mass is 456 g/mol. The maximum Gasteiger partial charge on any atom is 0.417 e. The Morgan fingerprint density at radius 1 is 1.16 bits per heavy atom. The molecule has 1 saturated carbocycles. The summed E-state index contributed by atoms with van der Waals surface area (Å²) in [6.45, 7) is 0. The number of benzene rings is 1. The number of alkyl halides is 6. The van der Waals surface area contributed by atoms with Crippen molar-refractivity contribution in [2.24, 2.45) is 12.8 Å². The van der Waals surface area contributed by atoms with Gasteiger partial charge in [0.1, 0.15) is 5.52 Å². The van der Waals surface area contributed by atoms with Crippen molar-refractivity contribution in [2.45, 2.75) is 36.8 Å². The highest BCUT2D eigenvalue weighted by molar-refractivity contribution is 5.78. The van der Waals surface area contributed by atoms with Crippen LogP contribution in [0.4, 0.5) is 26.3 Å². The van der Waals surface area contributed by atoms with Crippen molar-refractivity contribution in [3.05, 3.63) is 57.3 Å². The van der Waals surface area contributed by atoms with Gasteiger partial charge in [0.25, 0.3) is 5.56 Å². The summed E-state index contributed by atoms with van der Waals surface area (Å²) in [6.07, 6.45) is -7.64. The molecule has 13 heteroatoms. The van der Waals surface area contributed by atoms with Gasteiger partial charge in [-0.2, -0.15) is 36.7 Å². The van der Waals surface area contributed by atoms with Gasteiger partial charge in [0, 0.05) is 13.1 Å². The van der Waals surface area contributed by atoms with Crippen molar-refractivity contribution in [3.8, 4) is 6.07 Å². The van der Waals surface area contributed by atoms with Gasteiger partial charge in [0.05, 0.1) is 29.2 Å². The highest BCUT2D eigenvalue weighted by atomic mass is 19.4. The van der Waals surface area contributed by atoms with E-state index in [1.54, 1.807) is 0 Å². The van der Waals surface area contributed by atoms with Crippen molar-refractivity contribution in [1.29, 1.82) is 5.26 Å². The maximum absolute atomic E-state index is 14.4. The number of nitriles is 1. The molecule has 2 heterocycles. The molecule has 1 unspecified atom stereocenters. The van der Waals surface area contributed by atoms with Crippen molar-refractivity contribution >= 4 is 11.0 Å². The van der Waals surface area contributed by atoms with Gasteiger partial charge in [-0.15, -0.1) is 0 Å². The van der Waals surface area contributed by atoms with E-state index in [-0.39, 0.29) is 11.6 Å². The van der Waals surface area contributed by atoms with Gasteiger partial charge in [-0.1, -0.05) is 6.07 Å². The second kappa shape index (κ2) is 6.80. The Bertz CT molecular complexity index is 1330. The SMILES string of the molecule is Cn1nc2c(=O)n(C3CC3)cnc2c1C(N)(c1ccc(C(F)(F)F)c(C#N)c1)C(F)(F)F. The third-order valence-corrected chi connectivity index (χ3v) is 5.43. The van der Waals surface area contributed by atoms with Crippen LogP contribution in [-0.4, -0.2) is 25.5 Å². The topological polar surface area (TPSA) is 103 Å². The molecule has 1 aliphatic carbocycles. The number of nitrogens with two attached hydrogens (primary N) is 1. The quantitative estimate of drug-likeness (QED) is 0.611. The van der Waals surface area contributed by atoms with Crippen LogP contribution in [0, 0.1) is 11.3 Å². The zero-order chi connectivity index (χ0) is 23.6. The highest BCUT2D eigenvalue weighted by Crippen LogP contribution is 2.45. The van der Waals surface area contributed by atoms with Crippen LogP contribution in [0.2, 0.25) is 0 Å². The minimum absolute atomic E-state index is 0.108. The summed E-state index contributed by atoms with van der Waals surface area (Å²) in [5.41, 5.74) is -2.95. The lowest BCUT2D eigenvalue weighted by molar-refractivity contribution is -0.178. The Morgan fingerprint density at radius 2 is 1.81 bits per heavy atom. The zero-order valence-corrected chi connectivity index (χ0v) is 16.3. The van der Waals surface area contributed by atoms with Crippen LogP contribution in [0.1, 0.15) is 41.3 Å². The molecular weight excluding hydrogens is 442 g/mol. The van der Waals surface area contributed by atoms with Gasteiger partial charge < -0.3 is 5.73 Å². The molecule has 7 nitrogen and oxygen atoms in total. The van der Waals surface area contributed by atoms with Crippen molar-refractivity contribution in [1.82, 2.24) is 19.3 Å². The first-order chi connectivity index (χ1) is 14.8. The normalized spacial score (nSPS) is 16.7. The smallest absolute Gasteiger partial charge is 0.309 e. The molecule has 0 bridgehead atoms. The summed E-state index contributed by atoms with van der Waals surface area (Å²) in [7, 11) is 1.13. The van der Waals surface area contributed by atoms with Crippen LogP contribution < -0.4 is 11.3 Å². The molecule has 4 rings (SSSR count). The Kier molecular flexibility index (Phi) is 4.63. The molecule has 0 radical (unpaired) electrons. The van der Waals surface area contributed by atoms with E-state index in [9.17, 15) is 31.1 Å². The molecule has 168 valence electrons. The predicted octanol–water partition coefficient (Wildman–Crippen LogP) is 3.12. The highest BCUT2D eigenvalue weighted by Gasteiger charge is 2.58. The lowest BCUT2D eigenvalue weighted by Crippen LogP contribution is -2.52. The zero-order valence-electron chi connectivity index (χ0n) is 16.3. The summed E-state index contributed by atoms with van der Waals surface area (Å²) in [5.74, 6) is 0. The van der Waals surface area contributed by atoms with Crippen LogP contribution >= 0.6 is 0 Å². The number of rotatable bonds is 3. The molecule has 2 N–H and O–H groups in total. The van der Waals surface area contributed by atoms with Crippen LogP contribution in [-0.2, 0) is 18.8 Å². The fourth-order valence-electron chi connectivity index (χ4n) is 3.69.